The van der Waals surface area contributed by atoms with Crippen LogP contribution in [0.5, 0.6) is 0 Å². The number of benzene rings is 1. The molecule has 156 valence electrons. The van der Waals surface area contributed by atoms with Crippen molar-refractivity contribution in [3.63, 3.8) is 0 Å². The molecule has 0 heterocycles. The highest BCUT2D eigenvalue weighted by Gasteiger charge is 2.23. The minimum Gasteiger partial charge on any atom is -0.453 e. The molecule has 29 heavy (non-hydrogen) atoms. The number of rotatable bonds is 7. The molecule has 0 aliphatic heterocycles. The first-order valence-electron chi connectivity index (χ1n) is 10.4. The van der Waals surface area contributed by atoms with Crippen LogP contribution in [0.2, 0.25) is 0 Å². The molecular formula is C22H28N2O5. The second-order valence-corrected chi connectivity index (χ2v) is 7.84. The van der Waals surface area contributed by atoms with Crippen LogP contribution in [0.1, 0.15) is 73.4 Å². The number of hydrogen-bond acceptors (Lipinski definition) is 5. The van der Waals surface area contributed by atoms with Gasteiger partial charge in [0.05, 0.1) is 6.42 Å². The van der Waals surface area contributed by atoms with Crippen LogP contribution in [0.4, 0.5) is 4.79 Å². The summed E-state index contributed by atoms with van der Waals surface area (Å²) in [6, 6.07) is 5.21. The van der Waals surface area contributed by atoms with Crippen molar-refractivity contribution >= 4 is 23.7 Å². The summed E-state index contributed by atoms with van der Waals surface area (Å²) in [6.07, 6.45) is 5.90. The van der Waals surface area contributed by atoms with E-state index in [1.807, 2.05) is 12.1 Å². The Labute approximate surface area is 170 Å². The molecule has 0 aromatic heterocycles. The van der Waals surface area contributed by atoms with Crippen LogP contribution in [-0.2, 0) is 27.2 Å². The van der Waals surface area contributed by atoms with E-state index in [4.69, 9.17) is 4.74 Å². The lowest BCUT2D eigenvalue weighted by molar-refractivity contribution is -0.154. The second-order valence-electron chi connectivity index (χ2n) is 7.84. The first-order chi connectivity index (χ1) is 13.9. The highest BCUT2D eigenvalue weighted by atomic mass is 16.5. The van der Waals surface area contributed by atoms with E-state index in [0.29, 0.717) is 5.56 Å². The molecule has 1 aromatic carbocycles. The van der Waals surface area contributed by atoms with Gasteiger partial charge in [0.1, 0.15) is 0 Å². The van der Waals surface area contributed by atoms with E-state index in [0.717, 1.165) is 44.9 Å². The summed E-state index contributed by atoms with van der Waals surface area (Å²) in [5.74, 6) is -1.44. The summed E-state index contributed by atoms with van der Waals surface area (Å²) < 4.78 is 5.06. The van der Waals surface area contributed by atoms with Crippen LogP contribution < -0.4 is 10.6 Å². The van der Waals surface area contributed by atoms with Gasteiger partial charge in [-0.1, -0.05) is 25.0 Å². The summed E-state index contributed by atoms with van der Waals surface area (Å²) in [4.78, 5) is 48.2. The van der Waals surface area contributed by atoms with Gasteiger partial charge in [-0.2, -0.15) is 0 Å². The number of fused-ring (bicyclic) bond motifs is 1. The predicted molar refractivity (Wildman–Crippen MR) is 107 cm³/mol. The van der Waals surface area contributed by atoms with Gasteiger partial charge in [0.25, 0.3) is 5.91 Å². The number of hydrogen-bond donors (Lipinski definition) is 2. The molecule has 3 amide bonds. The van der Waals surface area contributed by atoms with Crippen LogP contribution in [0.25, 0.3) is 0 Å². The van der Waals surface area contributed by atoms with Crippen molar-refractivity contribution in [2.45, 2.75) is 76.9 Å². The maximum Gasteiger partial charge on any atom is 0.321 e. The lowest BCUT2D eigenvalue weighted by atomic mass is 10.0. The number of urea groups is 1. The molecule has 2 aliphatic carbocycles. The van der Waals surface area contributed by atoms with E-state index in [9.17, 15) is 19.2 Å². The minimum absolute atomic E-state index is 0.0219. The highest BCUT2D eigenvalue weighted by molar-refractivity contribution is 5.99. The van der Waals surface area contributed by atoms with Gasteiger partial charge in [-0.25, -0.2) is 4.79 Å². The Balaban J connectivity index is 1.39. The first-order valence-corrected chi connectivity index (χ1v) is 10.4. The number of nitrogens with one attached hydrogen (secondary N) is 2. The van der Waals surface area contributed by atoms with E-state index < -0.39 is 24.0 Å². The fourth-order valence-corrected chi connectivity index (χ4v) is 3.92. The summed E-state index contributed by atoms with van der Waals surface area (Å²) in [5.41, 5.74) is 3.10. The Hall–Kier alpha value is -2.70. The summed E-state index contributed by atoms with van der Waals surface area (Å²) >= 11 is 0. The smallest absolute Gasteiger partial charge is 0.321 e. The lowest BCUT2D eigenvalue weighted by Crippen LogP contribution is -2.47. The van der Waals surface area contributed by atoms with Crippen LogP contribution in [-0.4, -0.2) is 35.8 Å². The van der Waals surface area contributed by atoms with Gasteiger partial charge in [0.2, 0.25) is 0 Å². The van der Waals surface area contributed by atoms with Gasteiger partial charge in [-0.15, -0.1) is 0 Å². The summed E-state index contributed by atoms with van der Waals surface area (Å²) in [6.45, 7) is 1.40. The molecule has 0 spiro atoms. The van der Waals surface area contributed by atoms with E-state index in [1.54, 1.807) is 6.07 Å². The molecule has 0 bridgehead atoms. The maximum absolute atomic E-state index is 12.3. The summed E-state index contributed by atoms with van der Waals surface area (Å²) in [5, 5.41) is 4.93. The van der Waals surface area contributed by atoms with Crippen molar-refractivity contribution in [3.05, 3.63) is 34.9 Å². The van der Waals surface area contributed by atoms with Crippen molar-refractivity contribution in [1.82, 2.24) is 10.6 Å². The number of amides is 3. The molecule has 1 aromatic rings. The van der Waals surface area contributed by atoms with Gasteiger partial charge in [0.15, 0.2) is 11.9 Å². The van der Waals surface area contributed by atoms with Crippen molar-refractivity contribution in [3.8, 4) is 0 Å². The number of Topliss-reactive ketones (excluding diaryl/α,β-unsaturated/α-hetero) is 1. The Morgan fingerprint density at radius 1 is 1.03 bits per heavy atom. The molecule has 3 rings (SSSR count). The van der Waals surface area contributed by atoms with Crippen molar-refractivity contribution in [1.29, 1.82) is 0 Å². The molecule has 0 unspecified atom stereocenters. The molecular weight excluding hydrogens is 372 g/mol. The van der Waals surface area contributed by atoms with Gasteiger partial charge in [-0.05, 0) is 56.2 Å². The largest absolute Gasteiger partial charge is 0.453 e. The third-order valence-corrected chi connectivity index (χ3v) is 5.58. The molecule has 7 heteroatoms. The molecule has 7 nitrogen and oxygen atoms in total. The van der Waals surface area contributed by atoms with Crippen LogP contribution in [0, 0.1) is 0 Å². The molecule has 0 radical (unpaired) electrons. The third-order valence-electron chi connectivity index (χ3n) is 5.58. The van der Waals surface area contributed by atoms with Gasteiger partial charge in [0, 0.05) is 18.0 Å². The Bertz CT molecular complexity index is 798. The van der Waals surface area contributed by atoms with Crippen LogP contribution >= 0.6 is 0 Å². The van der Waals surface area contributed by atoms with Gasteiger partial charge >= 0.3 is 12.0 Å². The SMILES string of the molecule is C[C@@H](OC(=O)CCC(=O)c1ccc2c(c1)CCC2)C(=O)NC(=O)NC1CCCC1. The lowest BCUT2D eigenvalue weighted by Gasteiger charge is -2.15. The van der Waals surface area contributed by atoms with Crippen molar-refractivity contribution in [2.24, 2.45) is 0 Å². The standard InChI is InChI=1S/C22H28N2O5/c1-14(21(27)24-22(28)23-18-7-2-3-8-18)29-20(26)12-11-19(25)17-10-9-15-5-4-6-16(15)13-17/h9-10,13-14,18H,2-8,11-12H2,1H3,(H2,23,24,27,28)/t14-/m1/s1. The molecule has 1 atom stereocenters. The summed E-state index contributed by atoms with van der Waals surface area (Å²) in [7, 11) is 0. The zero-order chi connectivity index (χ0) is 20.8. The second kappa shape index (κ2) is 9.67. The first kappa shape index (κ1) is 21.0. The predicted octanol–water partition coefficient (Wildman–Crippen LogP) is 2.84. The Morgan fingerprint density at radius 3 is 2.52 bits per heavy atom. The molecule has 0 saturated heterocycles. The average Bonchev–Trinajstić information content (AvgIpc) is 3.36. The van der Waals surface area contributed by atoms with Crippen LogP contribution in [0.15, 0.2) is 18.2 Å². The average molecular weight is 400 g/mol. The number of esters is 1. The molecule has 1 fully saturated rings. The van der Waals surface area contributed by atoms with Gasteiger partial charge < -0.3 is 10.1 Å². The number of imide groups is 1. The number of ether oxygens (including phenoxy) is 1. The molecule has 1 saturated carbocycles. The normalized spacial score (nSPS) is 16.7. The topological polar surface area (TPSA) is 102 Å². The number of aryl methyl sites for hydroxylation is 2. The van der Waals surface area contributed by atoms with E-state index >= 15 is 0 Å². The number of carbonyl (C=O) groups is 4. The van der Waals surface area contributed by atoms with Crippen LogP contribution in [0.3, 0.4) is 0 Å². The minimum atomic E-state index is -1.10. The van der Waals surface area contributed by atoms with E-state index in [-0.39, 0.29) is 24.7 Å². The van der Waals surface area contributed by atoms with E-state index in [2.05, 4.69) is 10.6 Å². The molecule has 2 N–H and O–H groups in total. The van der Waals surface area contributed by atoms with E-state index in [1.165, 1.54) is 18.1 Å². The zero-order valence-corrected chi connectivity index (χ0v) is 16.8. The maximum atomic E-state index is 12.3. The monoisotopic (exact) mass is 400 g/mol. The fourth-order valence-electron chi connectivity index (χ4n) is 3.92. The fraction of sp³-hybridized carbons (Fsp3) is 0.545. The zero-order valence-electron chi connectivity index (χ0n) is 16.8. The third kappa shape index (κ3) is 5.89. The highest BCUT2D eigenvalue weighted by Crippen LogP contribution is 2.23. The Kier molecular flexibility index (Phi) is 7.01. The van der Waals surface area contributed by atoms with Crippen molar-refractivity contribution < 1.29 is 23.9 Å². The number of carbonyl (C=O) groups excluding carboxylic acids is 4. The Morgan fingerprint density at radius 2 is 1.76 bits per heavy atom. The molecule has 2 aliphatic rings. The van der Waals surface area contributed by atoms with Gasteiger partial charge in [-0.3, -0.25) is 19.7 Å². The quantitative estimate of drug-likeness (QED) is 0.541. The van der Waals surface area contributed by atoms with Crippen molar-refractivity contribution in [2.75, 3.05) is 0 Å². The number of ketones is 1.